The molecule has 2 aliphatic heterocycles. The fourth-order valence-corrected chi connectivity index (χ4v) is 8.52. The number of nitrogens with zero attached hydrogens (tertiary/aromatic N) is 6. The molecule has 0 aliphatic carbocycles. The van der Waals surface area contributed by atoms with Crippen molar-refractivity contribution >= 4 is 0 Å². The van der Waals surface area contributed by atoms with E-state index in [0.29, 0.717) is 42.9 Å². The van der Waals surface area contributed by atoms with Crippen molar-refractivity contribution in [2.45, 2.75) is 138 Å². The number of aliphatic hydroxyl groups is 1. The van der Waals surface area contributed by atoms with Gasteiger partial charge in [0.2, 0.25) is 0 Å². The van der Waals surface area contributed by atoms with Gasteiger partial charge in [0, 0.05) is 83.1 Å². The van der Waals surface area contributed by atoms with Gasteiger partial charge in [-0.3, -0.25) is 29.4 Å². The van der Waals surface area contributed by atoms with Crippen LogP contribution in [0.1, 0.15) is 94.9 Å². The summed E-state index contributed by atoms with van der Waals surface area (Å²) in [7, 11) is 8.89. The molecule has 0 aromatic rings. The quantitative estimate of drug-likeness (QED) is 0.0971. The Bertz CT molecular complexity index is 1000. The molecule has 2 aliphatic rings. The average Bonchev–Trinajstić information content (AvgIpc) is 3.17. The number of likely N-dealkylation sites (N-methyl/N-ethyl adjacent to an activating group) is 4. The fraction of sp³-hybridized carbons (Fsp3) is 1.00. The molecule has 0 spiro atoms. The molecule has 7 unspecified atom stereocenters. The predicted octanol–water partition coefficient (Wildman–Crippen LogP) is 5.18. The number of ether oxygens (including phenoxy) is 5. The van der Waals surface area contributed by atoms with Crippen molar-refractivity contribution < 1.29 is 28.8 Å². The number of morpholine rings is 2. The first-order valence-electron chi connectivity index (χ1n) is 23.4. The molecular weight excluding hydrogens is 733 g/mol. The van der Waals surface area contributed by atoms with E-state index in [1.54, 1.807) is 0 Å². The summed E-state index contributed by atoms with van der Waals surface area (Å²) < 4.78 is 31.6. The van der Waals surface area contributed by atoms with Gasteiger partial charge in [-0.05, 0) is 91.4 Å². The van der Waals surface area contributed by atoms with Crippen LogP contribution in [-0.2, 0) is 23.7 Å². The summed E-state index contributed by atoms with van der Waals surface area (Å²) in [5.74, 6) is 2.26. The Balaban J connectivity index is 2.05. The second-order valence-corrected chi connectivity index (χ2v) is 19.8. The van der Waals surface area contributed by atoms with E-state index in [4.69, 9.17) is 23.7 Å². The second kappa shape index (κ2) is 29.8. The van der Waals surface area contributed by atoms with Crippen LogP contribution in [0.25, 0.3) is 0 Å². The Morgan fingerprint density at radius 2 is 0.879 bits per heavy atom. The summed E-state index contributed by atoms with van der Waals surface area (Å²) in [6.45, 7) is 36.6. The van der Waals surface area contributed by atoms with Crippen LogP contribution in [0.15, 0.2) is 0 Å². The van der Waals surface area contributed by atoms with Crippen molar-refractivity contribution in [1.82, 2.24) is 29.4 Å². The normalized spacial score (nSPS) is 20.3. The van der Waals surface area contributed by atoms with Gasteiger partial charge < -0.3 is 28.8 Å². The highest BCUT2D eigenvalue weighted by Crippen LogP contribution is 2.20. The molecule has 7 atom stereocenters. The van der Waals surface area contributed by atoms with Crippen LogP contribution in [0.2, 0.25) is 0 Å². The van der Waals surface area contributed by atoms with Gasteiger partial charge in [-0.1, -0.05) is 55.4 Å². The Labute approximate surface area is 358 Å². The molecule has 58 heavy (non-hydrogen) atoms. The third-order valence-electron chi connectivity index (χ3n) is 12.2. The number of hydrogen-bond acceptors (Lipinski definition) is 12. The molecule has 346 valence electrons. The van der Waals surface area contributed by atoms with Crippen molar-refractivity contribution in [2.75, 3.05) is 140 Å². The fourth-order valence-electron chi connectivity index (χ4n) is 8.52. The Kier molecular flexibility index (Phi) is 27.5. The van der Waals surface area contributed by atoms with E-state index < -0.39 is 0 Å². The molecule has 0 aromatic heterocycles. The third kappa shape index (κ3) is 22.6. The molecule has 12 heteroatoms. The highest BCUT2D eigenvalue weighted by Gasteiger charge is 2.30. The molecule has 2 heterocycles. The van der Waals surface area contributed by atoms with Gasteiger partial charge in [0.15, 0.2) is 0 Å². The zero-order chi connectivity index (χ0) is 43.2. The van der Waals surface area contributed by atoms with Gasteiger partial charge in [-0.2, -0.15) is 0 Å². The van der Waals surface area contributed by atoms with Crippen LogP contribution in [0, 0.1) is 23.7 Å². The molecule has 2 fully saturated rings. The molecule has 1 N–H and O–H groups in total. The van der Waals surface area contributed by atoms with Crippen molar-refractivity contribution in [2.24, 2.45) is 23.7 Å². The Hall–Kier alpha value is -0.480. The van der Waals surface area contributed by atoms with E-state index in [9.17, 15) is 5.11 Å². The van der Waals surface area contributed by atoms with Crippen LogP contribution < -0.4 is 0 Å². The molecule has 0 radical (unpaired) electrons. The van der Waals surface area contributed by atoms with Crippen LogP contribution in [0.4, 0.5) is 0 Å². The predicted molar refractivity (Wildman–Crippen MR) is 241 cm³/mol. The van der Waals surface area contributed by atoms with Crippen LogP contribution >= 0.6 is 0 Å². The van der Waals surface area contributed by atoms with Gasteiger partial charge in [-0.25, -0.2) is 0 Å². The van der Waals surface area contributed by atoms with E-state index in [-0.39, 0.29) is 43.2 Å². The van der Waals surface area contributed by atoms with Gasteiger partial charge in [0.05, 0.1) is 65.1 Å². The van der Waals surface area contributed by atoms with Crippen molar-refractivity contribution in [1.29, 1.82) is 0 Å². The molecule has 0 saturated carbocycles. The van der Waals surface area contributed by atoms with E-state index in [0.717, 1.165) is 118 Å². The lowest BCUT2D eigenvalue weighted by molar-refractivity contribution is -0.124. The summed E-state index contributed by atoms with van der Waals surface area (Å²) in [6.07, 6.45) is 4.39. The highest BCUT2D eigenvalue weighted by molar-refractivity contribution is 4.80. The number of hydrogen-bond donors (Lipinski definition) is 1. The Morgan fingerprint density at radius 1 is 0.500 bits per heavy atom. The highest BCUT2D eigenvalue weighted by atomic mass is 16.5. The monoisotopic (exact) mass is 829 g/mol. The van der Waals surface area contributed by atoms with Gasteiger partial charge >= 0.3 is 0 Å². The van der Waals surface area contributed by atoms with E-state index >= 15 is 0 Å². The largest absolute Gasteiger partial charge is 0.395 e. The van der Waals surface area contributed by atoms with Crippen LogP contribution in [-0.4, -0.2) is 217 Å². The summed E-state index contributed by atoms with van der Waals surface area (Å²) in [4.78, 5) is 14.8. The van der Waals surface area contributed by atoms with Crippen molar-refractivity contribution in [3.63, 3.8) is 0 Å². The van der Waals surface area contributed by atoms with Gasteiger partial charge in [-0.15, -0.1) is 0 Å². The number of aliphatic hydroxyl groups excluding tert-OH is 1. The summed E-state index contributed by atoms with van der Waals surface area (Å²) in [6, 6.07) is 1.12. The third-order valence-corrected chi connectivity index (χ3v) is 12.2. The number of rotatable bonds is 32. The van der Waals surface area contributed by atoms with Crippen LogP contribution in [0.3, 0.4) is 0 Å². The first-order chi connectivity index (χ1) is 27.5. The molecular formula is C46H96N6O6. The summed E-state index contributed by atoms with van der Waals surface area (Å²) in [5.41, 5.74) is 0. The minimum atomic E-state index is -0.0324. The van der Waals surface area contributed by atoms with Crippen molar-refractivity contribution in [3.05, 3.63) is 0 Å². The maximum absolute atomic E-state index is 10.0. The van der Waals surface area contributed by atoms with Crippen molar-refractivity contribution in [3.8, 4) is 0 Å². The van der Waals surface area contributed by atoms with E-state index in [2.05, 4.69) is 127 Å². The molecule has 12 nitrogen and oxygen atoms in total. The molecule has 2 rings (SSSR count). The van der Waals surface area contributed by atoms with Gasteiger partial charge in [0.1, 0.15) is 6.23 Å². The van der Waals surface area contributed by atoms with Gasteiger partial charge in [0.25, 0.3) is 0 Å². The topological polar surface area (TPSA) is 85.8 Å². The SMILES string of the molecule is CC(C)CC(COC(C)CN(C)C(COC(CN(C)C(COC(C)CN(C)C(CO)CC(C)C)CC(C)C)N1CCOCC1)CC(C)C)N(C)CCN1CCOCC1. The molecule has 0 bridgehead atoms. The average molecular weight is 829 g/mol. The summed E-state index contributed by atoms with van der Waals surface area (Å²) in [5, 5.41) is 10.0. The zero-order valence-electron chi connectivity index (χ0n) is 40.4. The van der Waals surface area contributed by atoms with E-state index in [1.807, 2.05) is 0 Å². The lowest BCUT2D eigenvalue weighted by Crippen LogP contribution is -2.53. The summed E-state index contributed by atoms with van der Waals surface area (Å²) >= 11 is 0. The van der Waals surface area contributed by atoms with Crippen LogP contribution in [0.5, 0.6) is 0 Å². The first-order valence-corrected chi connectivity index (χ1v) is 23.4. The maximum Gasteiger partial charge on any atom is 0.123 e. The standard InChI is InChI=1S/C46H96N6O6/c1-36(2)25-42(32-53)48(12)29-40(9)57-34-44(27-38(5)6)50(14)31-46(52-19-23-55-24-20-52)58-35-45(28-39(7)8)49(13)30-41(10)56-33-43(26-37(3)4)47(11)15-16-51-17-21-54-22-18-51/h36-46,53H,15-35H2,1-14H3. The maximum atomic E-state index is 10.0. The first kappa shape index (κ1) is 53.7. The minimum absolute atomic E-state index is 0.0324. The Morgan fingerprint density at radius 3 is 1.33 bits per heavy atom. The molecule has 0 aromatic carbocycles. The second-order valence-electron chi connectivity index (χ2n) is 19.8. The molecule has 0 amide bonds. The minimum Gasteiger partial charge on any atom is -0.395 e. The lowest BCUT2D eigenvalue weighted by atomic mass is 10.0. The zero-order valence-corrected chi connectivity index (χ0v) is 40.4. The smallest absolute Gasteiger partial charge is 0.123 e. The lowest BCUT2D eigenvalue weighted by Gasteiger charge is -2.40. The molecule has 2 saturated heterocycles. The van der Waals surface area contributed by atoms with E-state index in [1.165, 1.54) is 0 Å².